The number of aromatic nitrogens is 1. The largest absolute Gasteiger partial charge is 0.356 e. The monoisotopic (exact) mass is 342 g/mol. The lowest BCUT2D eigenvalue weighted by atomic mass is 10.1. The Labute approximate surface area is 151 Å². The Morgan fingerprint density at radius 3 is 2.24 bits per heavy atom. The standard InChI is InChI=1S/C21H30N2O2/c1-3-5-10-14-23(15-11-6-4-2)21(24)17-19-16-20(25-22-19)18-12-8-7-9-13-18/h7-9,12-13,16H,3-6,10-11,14-15,17H2,1-2H3. The van der Waals surface area contributed by atoms with Crippen LogP contribution in [0.1, 0.15) is 58.1 Å². The molecule has 2 rings (SSSR count). The van der Waals surface area contributed by atoms with Gasteiger partial charge in [0.2, 0.25) is 5.91 Å². The fourth-order valence-electron chi connectivity index (χ4n) is 2.87. The molecule has 4 nitrogen and oxygen atoms in total. The minimum Gasteiger partial charge on any atom is -0.356 e. The van der Waals surface area contributed by atoms with Gasteiger partial charge in [0, 0.05) is 24.7 Å². The van der Waals surface area contributed by atoms with Crippen molar-refractivity contribution < 1.29 is 9.32 Å². The number of hydrogen-bond donors (Lipinski definition) is 0. The van der Waals surface area contributed by atoms with E-state index in [1.54, 1.807) is 0 Å². The molecule has 25 heavy (non-hydrogen) atoms. The van der Waals surface area contributed by atoms with E-state index in [1.165, 1.54) is 25.7 Å². The van der Waals surface area contributed by atoms with Gasteiger partial charge in [0.05, 0.1) is 12.1 Å². The molecule has 0 N–H and O–H groups in total. The van der Waals surface area contributed by atoms with Crippen molar-refractivity contribution in [3.8, 4) is 11.3 Å². The molecular formula is C21H30N2O2. The third-order valence-electron chi connectivity index (χ3n) is 4.37. The number of amides is 1. The molecule has 0 radical (unpaired) electrons. The van der Waals surface area contributed by atoms with Crippen LogP contribution in [0.15, 0.2) is 40.9 Å². The molecule has 1 aromatic carbocycles. The first-order valence-electron chi connectivity index (χ1n) is 9.53. The van der Waals surface area contributed by atoms with E-state index in [-0.39, 0.29) is 5.91 Å². The van der Waals surface area contributed by atoms with Crippen molar-refractivity contribution in [3.63, 3.8) is 0 Å². The third kappa shape index (κ3) is 6.37. The van der Waals surface area contributed by atoms with E-state index in [9.17, 15) is 4.79 Å². The molecular weight excluding hydrogens is 312 g/mol. The van der Waals surface area contributed by atoms with E-state index in [2.05, 4.69) is 19.0 Å². The minimum atomic E-state index is 0.153. The summed E-state index contributed by atoms with van der Waals surface area (Å²) in [6.45, 7) is 6.06. The lowest BCUT2D eigenvalue weighted by molar-refractivity contribution is -0.130. The quantitative estimate of drug-likeness (QED) is 0.534. The molecule has 1 aromatic heterocycles. The van der Waals surface area contributed by atoms with E-state index >= 15 is 0 Å². The van der Waals surface area contributed by atoms with Crippen molar-refractivity contribution in [2.45, 2.75) is 58.8 Å². The number of carbonyl (C=O) groups excluding carboxylic acids is 1. The molecule has 0 bridgehead atoms. The second kappa shape index (κ2) is 10.7. The predicted molar refractivity (Wildman–Crippen MR) is 101 cm³/mol. The first-order chi connectivity index (χ1) is 12.2. The van der Waals surface area contributed by atoms with Crippen molar-refractivity contribution in [2.24, 2.45) is 0 Å². The molecule has 0 fully saturated rings. The highest BCUT2D eigenvalue weighted by atomic mass is 16.5. The van der Waals surface area contributed by atoms with E-state index < -0.39 is 0 Å². The topological polar surface area (TPSA) is 46.3 Å². The van der Waals surface area contributed by atoms with Crippen LogP contribution in [0.5, 0.6) is 0 Å². The van der Waals surface area contributed by atoms with Crippen LogP contribution in [0.3, 0.4) is 0 Å². The van der Waals surface area contributed by atoms with Gasteiger partial charge in [0.1, 0.15) is 0 Å². The van der Waals surface area contributed by atoms with E-state index in [0.29, 0.717) is 17.9 Å². The number of carbonyl (C=O) groups is 1. The summed E-state index contributed by atoms with van der Waals surface area (Å²) in [4.78, 5) is 14.7. The summed E-state index contributed by atoms with van der Waals surface area (Å²) in [5.74, 6) is 0.868. The maximum absolute atomic E-state index is 12.7. The molecule has 0 saturated carbocycles. The Kier molecular flexibility index (Phi) is 8.23. The van der Waals surface area contributed by atoms with Crippen molar-refractivity contribution in [2.75, 3.05) is 13.1 Å². The fraction of sp³-hybridized carbons (Fsp3) is 0.524. The summed E-state index contributed by atoms with van der Waals surface area (Å²) in [6, 6.07) is 11.7. The normalized spacial score (nSPS) is 10.8. The Bertz CT molecular complexity index is 612. The van der Waals surface area contributed by atoms with Crippen LogP contribution in [0, 0.1) is 0 Å². The number of hydrogen-bond acceptors (Lipinski definition) is 3. The summed E-state index contributed by atoms with van der Waals surface area (Å²) in [5.41, 5.74) is 1.69. The van der Waals surface area contributed by atoms with Crippen LogP contribution in [0.2, 0.25) is 0 Å². The lowest BCUT2D eigenvalue weighted by Crippen LogP contribution is -2.34. The third-order valence-corrected chi connectivity index (χ3v) is 4.37. The van der Waals surface area contributed by atoms with Crippen molar-refractivity contribution in [1.82, 2.24) is 10.1 Å². The van der Waals surface area contributed by atoms with Gasteiger partial charge in [0.15, 0.2) is 5.76 Å². The molecule has 1 amide bonds. The average Bonchev–Trinajstić information content (AvgIpc) is 3.10. The maximum Gasteiger partial charge on any atom is 0.228 e. The highest BCUT2D eigenvalue weighted by molar-refractivity contribution is 5.78. The molecule has 0 atom stereocenters. The number of benzene rings is 1. The number of nitrogens with zero attached hydrogens (tertiary/aromatic N) is 2. The van der Waals surface area contributed by atoms with Gasteiger partial charge in [0.25, 0.3) is 0 Å². The second-order valence-electron chi connectivity index (χ2n) is 6.52. The second-order valence-corrected chi connectivity index (χ2v) is 6.52. The summed E-state index contributed by atoms with van der Waals surface area (Å²) in [7, 11) is 0. The molecule has 0 spiro atoms. The molecule has 0 saturated heterocycles. The van der Waals surface area contributed by atoms with E-state index in [1.807, 2.05) is 41.3 Å². The van der Waals surface area contributed by atoms with Gasteiger partial charge in [-0.3, -0.25) is 4.79 Å². The molecule has 0 aliphatic carbocycles. The van der Waals surface area contributed by atoms with E-state index in [4.69, 9.17) is 4.52 Å². The Morgan fingerprint density at radius 1 is 1.00 bits per heavy atom. The number of rotatable bonds is 11. The Hall–Kier alpha value is -2.10. The van der Waals surface area contributed by atoms with Crippen LogP contribution in [-0.4, -0.2) is 29.1 Å². The van der Waals surface area contributed by atoms with Crippen molar-refractivity contribution in [1.29, 1.82) is 0 Å². The smallest absolute Gasteiger partial charge is 0.228 e. The van der Waals surface area contributed by atoms with Gasteiger partial charge in [-0.15, -0.1) is 0 Å². The Balaban J connectivity index is 1.95. The zero-order valence-electron chi connectivity index (χ0n) is 15.5. The van der Waals surface area contributed by atoms with Crippen LogP contribution in [0.25, 0.3) is 11.3 Å². The van der Waals surface area contributed by atoms with Crippen LogP contribution >= 0.6 is 0 Å². The first-order valence-corrected chi connectivity index (χ1v) is 9.53. The molecule has 2 aromatic rings. The van der Waals surface area contributed by atoms with Crippen LogP contribution in [0.4, 0.5) is 0 Å². The van der Waals surface area contributed by atoms with Crippen molar-refractivity contribution in [3.05, 3.63) is 42.1 Å². The van der Waals surface area contributed by atoms with E-state index in [0.717, 1.165) is 31.5 Å². The summed E-state index contributed by atoms with van der Waals surface area (Å²) in [5, 5.41) is 4.09. The van der Waals surface area contributed by atoms with Crippen molar-refractivity contribution >= 4 is 5.91 Å². The molecule has 0 aliphatic rings. The Morgan fingerprint density at radius 2 is 1.64 bits per heavy atom. The average molecular weight is 342 g/mol. The zero-order valence-corrected chi connectivity index (χ0v) is 15.5. The van der Waals surface area contributed by atoms with Gasteiger partial charge < -0.3 is 9.42 Å². The summed E-state index contributed by atoms with van der Waals surface area (Å²) in [6.07, 6.45) is 7.13. The molecule has 4 heteroatoms. The fourth-order valence-corrected chi connectivity index (χ4v) is 2.87. The molecule has 0 unspecified atom stereocenters. The summed E-state index contributed by atoms with van der Waals surface area (Å²) >= 11 is 0. The first kappa shape index (κ1) is 19.2. The predicted octanol–water partition coefficient (Wildman–Crippen LogP) is 5.09. The molecule has 1 heterocycles. The van der Waals surface area contributed by atoms with Crippen LogP contribution < -0.4 is 0 Å². The van der Waals surface area contributed by atoms with Gasteiger partial charge >= 0.3 is 0 Å². The minimum absolute atomic E-state index is 0.153. The highest BCUT2D eigenvalue weighted by Crippen LogP contribution is 2.20. The summed E-state index contributed by atoms with van der Waals surface area (Å²) < 4.78 is 5.41. The maximum atomic E-state index is 12.7. The van der Waals surface area contributed by atoms with Gasteiger partial charge in [-0.05, 0) is 12.8 Å². The van der Waals surface area contributed by atoms with Gasteiger partial charge in [-0.25, -0.2) is 0 Å². The van der Waals surface area contributed by atoms with Gasteiger partial charge in [-0.1, -0.05) is 75.0 Å². The number of unbranched alkanes of at least 4 members (excludes halogenated alkanes) is 4. The zero-order chi connectivity index (χ0) is 17.9. The SMILES string of the molecule is CCCCCN(CCCCC)C(=O)Cc1cc(-c2ccccc2)on1. The molecule has 136 valence electrons. The van der Waals surface area contributed by atoms with Gasteiger partial charge in [-0.2, -0.15) is 0 Å². The molecule has 0 aliphatic heterocycles. The lowest BCUT2D eigenvalue weighted by Gasteiger charge is -2.22. The van der Waals surface area contributed by atoms with Crippen LogP contribution in [-0.2, 0) is 11.2 Å². The highest BCUT2D eigenvalue weighted by Gasteiger charge is 2.16.